The molecular formula is C11H21N3O4. The average Bonchev–Trinajstić information content (AvgIpc) is 2.43. The summed E-state index contributed by atoms with van der Waals surface area (Å²) in [5.74, 6) is -0.345. The van der Waals surface area contributed by atoms with Crippen LogP contribution in [0.3, 0.4) is 0 Å². The number of hydrogen-bond donors (Lipinski definition) is 2. The number of esters is 1. The van der Waals surface area contributed by atoms with Crippen LogP contribution in [0, 0.1) is 0 Å². The minimum atomic E-state index is -0.549. The van der Waals surface area contributed by atoms with Gasteiger partial charge in [-0.05, 0) is 0 Å². The van der Waals surface area contributed by atoms with E-state index in [1.807, 2.05) is 0 Å². The van der Waals surface area contributed by atoms with Crippen LogP contribution < -0.4 is 11.1 Å². The van der Waals surface area contributed by atoms with Crippen LogP contribution in [0.5, 0.6) is 0 Å². The van der Waals surface area contributed by atoms with Crippen molar-refractivity contribution in [2.45, 2.75) is 12.5 Å². The summed E-state index contributed by atoms with van der Waals surface area (Å²) >= 11 is 0. The molecule has 1 rings (SSSR count). The molecule has 104 valence electrons. The average molecular weight is 259 g/mol. The fourth-order valence-electron chi connectivity index (χ4n) is 1.73. The Kier molecular flexibility index (Phi) is 6.63. The second-order valence-corrected chi connectivity index (χ2v) is 4.01. The molecule has 0 aromatic heterocycles. The molecule has 18 heavy (non-hydrogen) atoms. The maximum absolute atomic E-state index is 11.8. The topological polar surface area (TPSA) is 93.9 Å². The predicted octanol–water partition coefficient (Wildman–Crippen LogP) is -1.67. The summed E-state index contributed by atoms with van der Waals surface area (Å²) in [7, 11) is 1.31. The highest BCUT2D eigenvalue weighted by Crippen LogP contribution is 1.99. The first-order valence-electron chi connectivity index (χ1n) is 6.05. The van der Waals surface area contributed by atoms with Gasteiger partial charge in [0.2, 0.25) is 5.91 Å². The van der Waals surface area contributed by atoms with Crippen molar-refractivity contribution in [3.8, 4) is 0 Å². The van der Waals surface area contributed by atoms with Crippen molar-refractivity contribution in [3.63, 3.8) is 0 Å². The fourth-order valence-corrected chi connectivity index (χ4v) is 1.73. The Balaban J connectivity index is 2.23. The number of carbonyl (C=O) groups excluding carboxylic acids is 2. The number of carbonyl (C=O) groups is 2. The van der Waals surface area contributed by atoms with Crippen LogP contribution in [0.1, 0.15) is 6.42 Å². The summed E-state index contributed by atoms with van der Waals surface area (Å²) in [4.78, 5) is 24.8. The summed E-state index contributed by atoms with van der Waals surface area (Å²) in [6.07, 6.45) is 0.341. The molecule has 1 saturated heterocycles. The van der Waals surface area contributed by atoms with Gasteiger partial charge in [-0.2, -0.15) is 0 Å². The van der Waals surface area contributed by atoms with Crippen LogP contribution in [0.15, 0.2) is 0 Å². The molecule has 0 radical (unpaired) electrons. The molecule has 1 aliphatic rings. The van der Waals surface area contributed by atoms with E-state index in [0.29, 0.717) is 39.3 Å². The molecule has 0 aliphatic carbocycles. The van der Waals surface area contributed by atoms with Gasteiger partial charge in [-0.1, -0.05) is 0 Å². The van der Waals surface area contributed by atoms with Crippen molar-refractivity contribution in [1.82, 2.24) is 10.2 Å². The number of nitrogens with zero attached hydrogens (tertiary/aromatic N) is 1. The number of rotatable bonds is 6. The van der Waals surface area contributed by atoms with Gasteiger partial charge in [0.25, 0.3) is 0 Å². The lowest BCUT2D eigenvalue weighted by Crippen LogP contribution is -2.46. The first kappa shape index (κ1) is 14.9. The Morgan fingerprint density at radius 3 is 2.67 bits per heavy atom. The van der Waals surface area contributed by atoms with Gasteiger partial charge in [0, 0.05) is 32.6 Å². The van der Waals surface area contributed by atoms with E-state index < -0.39 is 12.0 Å². The van der Waals surface area contributed by atoms with E-state index >= 15 is 0 Å². The van der Waals surface area contributed by atoms with Gasteiger partial charge in [-0.25, -0.2) is 0 Å². The van der Waals surface area contributed by atoms with Crippen LogP contribution in [-0.2, 0) is 19.1 Å². The molecule has 1 heterocycles. The van der Waals surface area contributed by atoms with Crippen LogP contribution >= 0.6 is 0 Å². The predicted molar refractivity (Wildman–Crippen MR) is 64.9 cm³/mol. The molecule has 7 heteroatoms. The third-order valence-corrected chi connectivity index (χ3v) is 2.81. The van der Waals surface area contributed by atoms with Crippen molar-refractivity contribution in [2.24, 2.45) is 5.73 Å². The molecule has 1 unspecified atom stereocenters. The second kappa shape index (κ2) is 8.02. The highest BCUT2D eigenvalue weighted by molar-refractivity contribution is 5.77. The van der Waals surface area contributed by atoms with E-state index in [0.717, 1.165) is 0 Å². The second-order valence-electron chi connectivity index (χ2n) is 4.01. The van der Waals surface area contributed by atoms with Crippen LogP contribution in [0.4, 0.5) is 0 Å². The standard InChI is InChI=1S/C11H21N3O4/c1-17-11(16)9(8-12)13-3-2-10(15)14-4-6-18-7-5-14/h9,13H,2-8,12H2,1H3. The Bertz CT molecular complexity index is 279. The summed E-state index contributed by atoms with van der Waals surface area (Å²) in [5, 5.41) is 2.91. The van der Waals surface area contributed by atoms with Crippen LogP contribution in [0.25, 0.3) is 0 Å². The first-order chi connectivity index (χ1) is 8.69. The Morgan fingerprint density at radius 1 is 1.44 bits per heavy atom. The summed E-state index contributed by atoms with van der Waals surface area (Å²) in [6, 6.07) is -0.549. The number of amides is 1. The van der Waals surface area contributed by atoms with Gasteiger partial charge in [-0.15, -0.1) is 0 Å². The zero-order valence-electron chi connectivity index (χ0n) is 10.7. The van der Waals surface area contributed by atoms with Crippen molar-refractivity contribution in [3.05, 3.63) is 0 Å². The zero-order valence-corrected chi connectivity index (χ0v) is 10.7. The summed E-state index contributed by atoms with van der Waals surface area (Å²) < 4.78 is 9.75. The van der Waals surface area contributed by atoms with Crippen molar-refractivity contribution in [2.75, 3.05) is 46.5 Å². The Morgan fingerprint density at radius 2 is 2.11 bits per heavy atom. The van der Waals surface area contributed by atoms with Gasteiger partial charge < -0.3 is 25.4 Å². The number of morpholine rings is 1. The zero-order chi connectivity index (χ0) is 13.4. The van der Waals surface area contributed by atoms with Crippen molar-refractivity contribution >= 4 is 11.9 Å². The minimum absolute atomic E-state index is 0.0615. The van der Waals surface area contributed by atoms with E-state index in [4.69, 9.17) is 10.5 Å². The molecule has 0 aromatic carbocycles. The third kappa shape index (κ3) is 4.59. The molecule has 1 aliphatic heterocycles. The molecule has 7 nitrogen and oxygen atoms in total. The van der Waals surface area contributed by atoms with E-state index in [-0.39, 0.29) is 12.5 Å². The number of nitrogens with one attached hydrogen (secondary N) is 1. The van der Waals surface area contributed by atoms with Crippen molar-refractivity contribution < 1.29 is 19.1 Å². The van der Waals surface area contributed by atoms with Gasteiger partial charge in [-0.3, -0.25) is 9.59 Å². The quantitative estimate of drug-likeness (QED) is 0.554. The first-order valence-corrected chi connectivity index (χ1v) is 6.05. The molecule has 1 fully saturated rings. The van der Waals surface area contributed by atoms with Crippen LogP contribution in [0.2, 0.25) is 0 Å². The molecule has 0 aromatic rings. The lowest BCUT2D eigenvalue weighted by Gasteiger charge is -2.27. The number of hydrogen-bond acceptors (Lipinski definition) is 6. The molecule has 1 amide bonds. The smallest absolute Gasteiger partial charge is 0.324 e. The Labute approximate surface area is 107 Å². The van der Waals surface area contributed by atoms with Gasteiger partial charge in [0.1, 0.15) is 6.04 Å². The van der Waals surface area contributed by atoms with E-state index in [9.17, 15) is 9.59 Å². The molecule has 0 spiro atoms. The molecule has 1 atom stereocenters. The third-order valence-electron chi connectivity index (χ3n) is 2.81. The highest BCUT2D eigenvalue weighted by atomic mass is 16.5. The Hall–Kier alpha value is -1.18. The highest BCUT2D eigenvalue weighted by Gasteiger charge is 2.19. The van der Waals surface area contributed by atoms with E-state index in [1.54, 1.807) is 4.90 Å². The number of methoxy groups -OCH3 is 1. The van der Waals surface area contributed by atoms with Crippen molar-refractivity contribution in [1.29, 1.82) is 0 Å². The normalized spacial score (nSPS) is 17.3. The number of ether oxygens (including phenoxy) is 2. The van der Waals surface area contributed by atoms with Crippen LogP contribution in [-0.4, -0.2) is 69.3 Å². The molecule has 0 bridgehead atoms. The summed E-state index contributed by atoms with van der Waals surface area (Å²) in [5.41, 5.74) is 5.43. The summed E-state index contributed by atoms with van der Waals surface area (Å²) in [6.45, 7) is 3.01. The lowest BCUT2D eigenvalue weighted by molar-refractivity contribution is -0.143. The fraction of sp³-hybridized carbons (Fsp3) is 0.818. The molecule has 3 N–H and O–H groups in total. The maximum atomic E-state index is 11.8. The van der Waals surface area contributed by atoms with Gasteiger partial charge >= 0.3 is 5.97 Å². The maximum Gasteiger partial charge on any atom is 0.324 e. The van der Waals surface area contributed by atoms with E-state index in [1.165, 1.54) is 7.11 Å². The monoisotopic (exact) mass is 259 g/mol. The lowest BCUT2D eigenvalue weighted by atomic mass is 10.2. The SMILES string of the molecule is COC(=O)C(CN)NCCC(=O)N1CCOCC1. The van der Waals surface area contributed by atoms with E-state index in [2.05, 4.69) is 10.1 Å². The number of nitrogens with two attached hydrogens (primary N) is 1. The largest absolute Gasteiger partial charge is 0.468 e. The molecule has 0 saturated carbocycles. The minimum Gasteiger partial charge on any atom is -0.468 e. The molecular weight excluding hydrogens is 238 g/mol. The van der Waals surface area contributed by atoms with Gasteiger partial charge in [0.05, 0.1) is 20.3 Å². The van der Waals surface area contributed by atoms with Gasteiger partial charge in [0.15, 0.2) is 0 Å².